The Kier molecular flexibility index (Phi) is 1.68. The van der Waals surface area contributed by atoms with Gasteiger partial charge in [0.05, 0.1) is 0 Å². The van der Waals surface area contributed by atoms with Crippen LogP contribution in [0.5, 0.6) is 0 Å². The summed E-state index contributed by atoms with van der Waals surface area (Å²) in [7, 11) is 0. The van der Waals surface area contributed by atoms with E-state index in [0.29, 0.717) is 24.0 Å². The van der Waals surface area contributed by atoms with E-state index in [1.165, 1.54) is 0 Å². The molecule has 1 unspecified atom stereocenters. The molecule has 0 radical (unpaired) electrons. The number of rotatable bonds is 0. The first-order valence-electron chi connectivity index (χ1n) is 4.05. The first-order valence-corrected chi connectivity index (χ1v) is 4.05. The molecule has 0 heterocycles. The summed E-state index contributed by atoms with van der Waals surface area (Å²) in [4.78, 5) is 11.3. The fourth-order valence-electron chi connectivity index (χ4n) is 1.57. The number of hydrogen-bond acceptors (Lipinski definition) is 1. The molecule has 0 amide bonds. The second-order valence-electron chi connectivity index (χ2n) is 3.02. The van der Waals surface area contributed by atoms with Crippen LogP contribution in [0.25, 0.3) is 0 Å². The van der Waals surface area contributed by atoms with Crippen LogP contribution in [0.1, 0.15) is 34.9 Å². The van der Waals surface area contributed by atoms with Crippen molar-refractivity contribution in [3.8, 4) is 0 Å². The largest absolute Gasteiger partial charge is 0.294 e. The van der Waals surface area contributed by atoms with Crippen molar-refractivity contribution in [2.45, 2.75) is 19.0 Å². The second-order valence-corrected chi connectivity index (χ2v) is 3.02. The van der Waals surface area contributed by atoms with Gasteiger partial charge in [-0.1, -0.05) is 24.3 Å². The Balaban J connectivity index is 2.55. The molecule has 0 spiro atoms. The van der Waals surface area contributed by atoms with Crippen LogP contribution < -0.4 is 0 Å². The molecule has 2 heteroatoms. The number of halogens is 1. The van der Waals surface area contributed by atoms with E-state index in [9.17, 15) is 9.18 Å². The van der Waals surface area contributed by atoms with Crippen molar-refractivity contribution in [3.63, 3.8) is 0 Å². The smallest absolute Gasteiger partial charge is 0.163 e. The van der Waals surface area contributed by atoms with Crippen molar-refractivity contribution >= 4 is 5.78 Å². The van der Waals surface area contributed by atoms with Gasteiger partial charge in [-0.05, 0) is 12.0 Å². The Bertz CT molecular complexity index is 319. The number of carbonyl (C=O) groups excluding carboxylic acids is 1. The van der Waals surface area contributed by atoms with E-state index in [2.05, 4.69) is 0 Å². The van der Waals surface area contributed by atoms with E-state index in [-0.39, 0.29) is 5.78 Å². The lowest BCUT2D eigenvalue weighted by Crippen LogP contribution is -2.12. The first kappa shape index (κ1) is 7.47. The van der Waals surface area contributed by atoms with Crippen molar-refractivity contribution in [3.05, 3.63) is 35.4 Å². The zero-order valence-electron chi connectivity index (χ0n) is 6.59. The molecule has 1 aliphatic rings. The predicted molar refractivity (Wildman–Crippen MR) is 43.9 cm³/mol. The third kappa shape index (κ3) is 1.04. The van der Waals surface area contributed by atoms with Crippen LogP contribution in [0.15, 0.2) is 24.3 Å². The Morgan fingerprint density at radius 2 is 2.08 bits per heavy atom. The van der Waals surface area contributed by atoms with Gasteiger partial charge in [-0.15, -0.1) is 0 Å². The number of benzene rings is 1. The topological polar surface area (TPSA) is 17.1 Å². The number of alkyl halides is 1. The number of ketones is 1. The van der Waals surface area contributed by atoms with E-state index >= 15 is 0 Å². The van der Waals surface area contributed by atoms with Crippen LogP contribution >= 0.6 is 0 Å². The predicted octanol–water partition coefficient (Wildman–Crippen LogP) is 2.67. The van der Waals surface area contributed by atoms with E-state index < -0.39 is 6.17 Å². The minimum atomic E-state index is -0.945. The lowest BCUT2D eigenvalue weighted by atomic mass is 9.89. The molecule has 2 rings (SSSR count). The van der Waals surface area contributed by atoms with Gasteiger partial charge in [-0.2, -0.15) is 0 Å². The van der Waals surface area contributed by atoms with Crippen molar-refractivity contribution in [2.24, 2.45) is 0 Å². The SMILES string of the molecule is O=C1CCC(F)c2ccccc21. The standard InChI is InChI=1S/C10H9FO/c11-9-5-6-10(12)8-4-2-1-3-7(8)9/h1-4,9H,5-6H2. The van der Waals surface area contributed by atoms with Crippen molar-refractivity contribution < 1.29 is 9.18 Å². The molecule has 1 nitrogen and oxygen atoms in total. The van der Waals surface area contributed by atoms with E-state index in [0.717, 1.165) is 0 Å². The molecule has 0 fully saturated rings. The summed E-state index contributed by atoms with van der Waals surface area (Å²) in [6.07, 6.45) is -0.257. The van der Waals surface area contributed by atoms with Crippen molar-refractivity contribution in [2.75, 3.05) is 0 Å². The van der Waals surface area contributed by atoms with Crippen molar-refractivity contribution in [1.82, 2.24) is 0 Å². The van der Waals surface area contributed by atoms with Gasteiger partial charge in [0.25, 0.3) is 0 Å². The lowest BCUT2D eigenvalue weighted by Gasteiger charge is -2.17. The minimum absolute atomic E-state index is 0.0690. The fourth-order valence-corrected chi connectivity index (χ4v) is 1.57. The van der Waals surface area contributed by atoms with Gasteiger partial charge in [-0.25, -0.2) is 4.39 Å². The van der Waals surface area contributed by atoms with Crippen LogP contribution in [-0.2, 0) is 0 Å². The van der Waals surface area contributed by atoms with Crippen LogP contribution in [0.4, 0.5) is 4.39 Å². The molecule has 1 atom stereocenters. The Morgan fingerprint density at radius 1 is 1.33 bits per heavy atom. The van der Waals surface area contributed by atoms with Gasteiger partial charge in [0.1, 0.15) is 6.17 Å². The van der Waals surface area contributed by atoms with Crippen LogP contribution in [0.3, 0.4) is 0 Å². The first-order chi connectivity index (χ1) is 5.79. The second kappa shape index (κ2) is 2.70. The van der Waals surface area contributed by atoms with Gasteiger partial charge in [0, 0.05) is 12.0 Å². The third-order valence-electron chi connectivity index (χ3n) is 2.22. The number of fused-ring (bicyclic) bond motifs is 1. The summed E-state index contributed by atoms with van der Waals surface area (Å²) in [6.45, 7) is 0. The molecule has 1 aliphatic carbocycles. The molecule has 0 saturated heterocycles. The van der Waals surface area contributed by atoms with Gasteiger partial charge >= 0.3 is 0 Å². The average Bonchev–Trinajstić information content (AvgIpc) is 2.12. The quantitative estimate of drug-likeness (QED) is 0.576. The summed E-state index contributed by atoms with van der Waals surface area (Å²) in [5.41, 5.74) is 1.13. The summed E-state index contributed by atoms with van der Waals surface area (Å²) < 4.78 is 13.2. The number of hydrogen-bond donors (Lipinski definition) is 0. The molecule has 12 heavy (non-hydrogen) atoms. The summed E-state index contributed by atoms with van der Waals surface area (Å²) >= 11 is 0. The highest BCUT2D eigenvalue weighted by molar-refractivity contribution is 5.98. The molecule has 0 aromatic heterocycles. The molecule has 0 N–H and O–H groups in total. The summed E-state index contributed by atoms with van der Waals surface area (Å²) in [6, 6.07) is 6.93. The zero-order chi connectivity index (χ0) is 8.55. The Labute approximate surface area is 70.2 Å². The van der Waals surface area contributed by atoms with Crippen LogP contribution in [0, 0.1) is 0 Å². The molecule has 0 saturated carbocycles. The number of carbonyl (C=O) groups is 1. The highest BCUT2D eigenvalue weighted by Gasteiger charge is 2.24. The monoisotopic (exact) mass is 164 g/mol. The van der Waals surface area contributed by atoms with E-state index in [4.69, 9.17) is 0 Å². The highest BCUT2D eigenvalue weighted by atomic mass is 19.1. The van der Waals surface area contributed by atoms with Crippen LogP contribution in [0.2, 0.25) is 0 Å². The zero-order valence-corrected chi connectivity index (χ0v) is 6.59. The Morgan fingerprint density at radius 3 is 2.83 bits per heavy atom. The lowest BCUT2D eigenvalue weighted by molar-refractivity contribution is 0.0949. The van der Waals surface area contributed by atoms with E-state index in [1.54, 1.807) is 24.3 Å². The molecule has 1 aromatic carbocycles. The van der Waals surface area contributed by atoms with Gasteiger partial charge < -0.3 is 0 Å². The molecule has 62 valence electrons. The number of Topliss-reactive ketones (excluding diaryl/α,β-unsaturated/α-hetero) is 1. The third-order valence-corrected chi connectivity index (χ3v) is 2.22. The van der Waals surface area contributed by atoms with Gasteiger partial charge in [0.15, 0.2) is 5.78 Å². The maximum Gasteiger partial charge on any atom is 0.163 e. The summed E-state index contributed by atoms with van der Waals surface area (Å²) in [5.74, 6) is 0.0690. The Hall–Kier alpha value is -1.18. The molecule has 1 aromatic rings. The van der Waals surface area contributed by atoms with Crippen LogP contribution in [-0.4, -0.2) is 5.78 Å². The maximum absolute atomic E-state index is 13.2. The average molecular weight is 164 g/mol. The molecule has 0 aliphatic heterocycles. The summed E-state index contributed by atoms with van der Waals surface area (Å²) in [5, 5.41) is 0. The molecular formula is C10H9FO. The maximum atomic E-state index is 13.2. The highest BCUT2D eigenvalue weighted by Crippen LogP contribution is 2.31. The van der Waals surface area contributed by atoms with Gasteiger partial charge in [0.2, 0.25) is 0 Å². The van der Waals surface area contributed by atoms with Gasteiger partial charge in [-0.3, -0.25) is 4.79 Å². The minimum Gasteiger partial charge on any atom is -0.294 e. The normalized spacial score (nSPS) is 22.1. The van der Waals surface area contributed by atoms with E-state index in [1.807, 2.05) is 0 Å². The van der Waals surface area contributed by atoms with Crippen molar-refractivity contribution in [1.29, 1.82) is 0 Å². The fraction of sp³-hybridized carbons (Fsp3) is 0.300. The molecule has 0 bridgehead atoms. The molecular weight excluding hydrogens is 155 g/mol.